The number of hydrogen-bond donors (Lipinski definition) is 0. The third-order valence-electron chi connectivity index (χ3n) is 7.71. The molecule has 4 aliphatic rings. The normalized spacial score (nSPS) is 36.2. The fraction of sp³-hybridized carbons (Fsp3) is 0.842. The molecule has 5 rings (SSSR count). The van der Waals surface area contributed by atoms with Gasteiger partial charge in [0, 0.05) is 29.9 Å². The average Bonchev–Trinajstić information content (AvgIpc) is 3.28. The van der Waals surface area contributed by atoms with Gasteiger partial charge in [-0.1, -0.05) is 19.8 Å². The maximum atomic E-state index is 6.37. The van der Waals surface area contributed by atoms with Crippen molar-refractivity contribution in [3.63, 3.8) is 0 Å². The molecule has 24 heavy (non-hydrogen) atoms. The van der Waals surface area contributed by atoms with Crippen molar-refractivity contribution in [3.8, 4) is 0 Å². The minimum atomic E-state index is -0.308. The monoisotopic (exact) mass is 394 g/mol. The summed E-state index contributed by atoms with van der Waals surface area (Å²) in [6.07, 6.45) is 9.67. The number of hydrogen-bond acceptors (Lipinski definition) is 3. The van der Waals surface area contributed by atoms with Crippen LogP contribution in [0.15, 0.2) is 4.60 Å². The second-order valence-corrected chi connectivity index (χ2v) is 9.31. The summed E-state index contributed by atoms with van der Waals surface area (Å²) >= 11 is 3.76. The molecule has 0 radical (unpaired) electrons. The fourth-order valence-corrected chi connectivity index (χ4v) is 7.20. The first kappa shape index (κ1) is 15.8. The van der Waals surface area contributed by atoms with Gasteiger partial charge in [0.1, 0.15) is 4.60 Å². The molecule has 0 bridgehead atoms. The third-order valence-corrected chi connectivity index (χ3v) is 8.70. The van der Waals surface area contributed by atoms with E-state index in [-0.39, 0.29) is 16.6 Å². The lowest BCUT2D eigenvalue weighted by molar-refractivity contribution is -0.286. The van der Waals surface area contributed by atoms with Crippen molar-refractivity contribution in [3.05, 3.63) is 15.9 Å². The molecule has 132 valence electrons. The Morgan fingerprint density at radius 3 is 2.54 bits per heavy atom. The summed E-state index contributed by atoms with van der Waals surface area (Å²) in [4.78, 5) is 0. The second kappa shape index (κ2) is 5.08. The molecule has 1 aromatic rings. The van der Waals surface area contributed by atoms with Crippen LogP contribution in [0.1, 0.15) is 63.1 Å². The van der Waals surface area contributed by atoms with Crippen LogP contribution in [-0.2, 0) is 28.4 Å². The average molecular weight is 395 g/mol. The van der Waals surface area contributed by atoms with Gasteiger partial charge in [-0.15, -0.1) is 0 Å². The second-order valence-electron chi connectivity index (χ2n) is 8.56. The Balaban J connectivity index is 1.66. The predicted octanol–water partition coefficient (Wildman–Crippen LogP) is 4.10. The summed E-state index contributed by atoms with van der Waals surface area (Å²) in [6.45, 7) is 4.01. The summed E-state index contributed by atoms with van der Waals surface area (Å²) in [5.74, 6) is 0.311. The zero-order valence-corrected chi connectivity index (χ0v) is 16.3. The molecule has 0 amide bonds. The molecule has 0 aromatic carbocycles. The first-order valence-corrected chi connectivity index (χ1v) is 10.3. The lowest BCUT2D eigenvalue weighted by atomic mass is 9.47. The molecular formula is C19H27BrN2O2. The molecule has 0 N–H and O–H groups in total. The Bertz CT molecular complexity index is 673. The van der Waals surface area contributed by atoms with Crippen molar-refractivity contribution >= 4 is 15.9 Å². The van der Waals surface area contributed by atoms with E-state index in [4.69, 9.17) is 14.6 Å². The lowest BCUT2D eigenvalue weighted by Gasteiger charge is -2.60. The van der Waals surface area contributed by atoms with Crippen molar-refractivity contribution in [2.75, 3.05) is 13.2 Å². The van der Waals surface area contributed by atoms with Crippen LogP contribution >= 0.6 is 15.9 Å². The standard InChI is InChI=1S/C19H27BrN2O2/c1-17-9-10-19(23-11-12-24-19)18(7-3-4-8-18)14(17)6-5-13-15(17)21-22(2)16(13)20/h14H,3-12H2,1-2H3/t14-,17+/m1/s1. The van der Waals surface area contributed by atoms with E-state index in [1.165, 1.54) is 48.0 Å². The molecule has 1 aliphatic heterocycles. The maximum absolute atomic E-state index is 6.37. The van der Waals surface area contributed by atoms with Gasteiger partial charge in [-0.3, -0.25) is 4.68 Å². The highest BCUT2D eigenvalue weighted by molar-refractivity contribution is 9.10. The van der Waals surface area contributed by atoms with Gasteiger partial charge >= 0.3 is 0 Å². The zero-order valence-electron chi connectivity index (χ0n) is 14.7. The van der Waals surface area contributed by atoms with Crippen molar-refractivity contribution < 1.29 is 9.47 Å². The van der Waals surface area contributed by atoms with Gasteiger partial charge in [-0.05, 0) is 54.0 Å². The highest BCUT2D eigenvalue weighted by Crippen LogP contribution is 2.68. The van der Waals surface area contributed by atoms with E-state index in [0.29, 0.717) is 5.92 Å². The van der Waals surface area contributed by atoms with Gasteiger partial charge in [0.25, 0.3) is 0 Å². The molecule has 2 atom stereocenters. The number of ether oxygens (including phenoxy) is 2. The van der Waals surface area contributed by atoms with Gasteiger partial charge in [0.15, 0.2) is 5.79 Å². The van der Waals surface area contributed by atoms with E-state index in [1.807, 2.05) is 4.68 Å². The maximum Gasteiger partial charge on any atom is 0.174 e. The Morgan fingerprint density at radius 2 is 1.83 bits per heavy atom. The van der Waals surface area contributed by atoms with Crippen LogP contribution in [-0.4, -0.2) is 28.8 Å². The van der Waals surface area contributed by atoms with Crippen LogP contribution in [0.3, 0.4) is 0 Å². The molecule has 5 heteroatoms. The molecular weight excluding hydrogens is 368 g/mol. The first-order chi connectivity index (χ1) is 11.5. The van der Waals surface area contributed by atoms with E-state index in [1.54, 1.807) is 0 Å². The Labute approximate surface area is 152 Å². The summed E-state index contributed by atoms with van der Waals surface area (Å²) in [5, 5.41) is 4.96. The molecule has 2 spiro atoms. The molecule has 1 aromatic heterocycles. The molecule has 2 saturated carbocycles. The molecule has 1 saturated heterocycles. The van der Waals surface area contributed by atoms with Crippen LogP contribution in [0, 0.1) is 11.3 Å². The van der Waals surface area contributed by atoms with Gasteiger partial charge in [-0.25, -0.2) is 0 Å². The number of fused-ring (bicyclic) bond motifs is 5. The predicted molar refractivity (Wildman–Crippen MR) is 94.8 cm³/mol. The number of nitrogens with zero attached hydrogens (tertiary/aromatic N) is 2. The van der Waals surface area contributed by atoms with Crippen LogP contribution in [0.2, 0.25) is 0 Å². The summed E-state index contributed by atoms with van der Waals surface area (Å²) in [7, 11) is 2.06. The van der Waals surface area contributed by atoms with Crippen molar-refractivity contribution in [1.29, 1.82) is 0 Å². The zero-order chi connectivity index (χ0) is 16.6. The van der Waals surface area contributed by atoms with Gasteiger partial charge in [0.2, 0.25) is 0 Å². The van der Waals surface area contributed by atoms with E-state index in [2.05, 4.69) is 29.9 Å². The van der Waals surface area contributed by atoms with Gasteiger partial charge < -0.3 is 9.47 Å². The smallest absolute Gasteiger partial charge is 0.174 e. The Hall–Kier alpha value is -0.390. The number of aryl methyl sites for hydroxylation is 1. The third kappa shape index (κ3) is 1.74. The molecule has 3 fully saturated rings. The Morgan fingerprint density at radius 1 is 1.12 bits per heavy atom. The lowest BCUT2D eigenvalue weighted by Crippen LogP contribution is -2.62. The summed E-state index contributed by atoms with van der Waals surface area (Å²) in [6, 6.07) is 0. The minimum absolute atomic E-state index is 0.155. The van der Waals surface area contributed by atoms with Crippen LogP contribution < -0.4 is 0 Å². The van der Waals surface area contributed by atoms with E-state index >= 15 is 0 Å². The van der Waals surface area contributed by atoms with Crippen LogP contribution in [0.25, 0.3) is 0 Å². The van der Waals surface area contributed by atoms with E-state index < -0.39 is 0 Å². The molecule has 2 heterocycles. The summed E-state index contributed by atoms with van der Waals surface area (Å²) < 4.78 is 15.9. The molecule has 3 aliphatic carbocycles. The number of rotatable bonds is 0. The van der Waals surface area contributed by atoms with E-state index in [0.717, 1.165) is 32.5 Å². The van der Waals surface area contributed by atoms with Gasteiger partial charge in [0.05, 0.1) is 18.9 Å². The van der Waals surface area contributed by atoms with Crippen LogP contribution in [0.4, 0.5) is 0 Å². The Kier molecular flexibility index (Phi) is 3.35. The van der Waals surface area contributed by atoms with Crippen LogP contribution in [0.5, 0.6) is 0 Å². The minimum Gasteiger partial charge on any atom is -0.347 e. The highest BCUT2D eigenvalue weighted by Gasteiger charge is 2.68. The van der Waals surface area contributed by atoms with Crippen molar-refractivity contribution in [2.45, 2.75) is 69.5 Å². The fourth-order valence-electron chi connectivity index (χ4n) is 6.74. The molecule has 0 unspecified atom stereocenters. The first-order valence-electron chi connectivity index (χ1n) is 9.52. The van der Waals surface area contributed by atoms with Crippen molar-refractivity contribution in [1.82, 2.24) is 9.78 Å². The van der Waals surface area contributed by atoms with Gasteiger partial charge in [-0.2, -0.15) is 5.10 Å². The van der Waals surface area contributed by atoms with Crippen molar-refractivity contribution in [2.24, 2.45) is 18.4 Å². The largest absolute Gasteiger partial charge is 0.347 e. The SMILES string of the molecule is Cn1nc2c(c1Br)CC[C@H]1C3(CCCC3)C3(CC[C@]21C)OCCO3. The molecule has 4 nitrogen and oxygen atoms in total. The number of aromatic nitrogens is 2. The summed E-state index contributed by atoms with van der Waals surface area (Å²) in [5.41, 5.74) is 3.13. The highest BCUT2D eigenvalue weighted by atomic mass is 79.9. The van der Waals surface area contributed by atoms with E-state index in [9.17, 15) is 0 Å². The topological polar surface area (TPSA) is 36.3 Å². The number of halogens is 1. The quantitative estimate of drug-likeness (QED) is 0.664.